The van der Waals surface area contributed by atoms with E-state index in [2.05, 4.69) is 5.32 Å². The van der Waals surface area contributed by atoms with Gasteiger partial charge in [0.25, 0.3) is 5.69 Å². The molecule has 2 aromatic rings. The summed E-state index contributed by atoms with van der Waals surface area (Å²) in [6, 6.07) is 8.91. The molecule has 0 radical (unpaired) electrons. The first kappa shape index (κ1) is 21.1. The molecule has 0 saturated carbocycles. The van der Waals surface area contributed by atoms with E-state index in [-0.39, 0.29) is 17.1 Å². The molecule has 1 amide bonds. The minimum absolute atomic E-state index is 0.157. The quantitative estimate of drug-likeness (QED) is 0.551. The van der Waals surface area contributed by atoms with Gasteiger partial charge in [-0.2, -0.15) is 4.31 Å². The third kappa shape index (κ3) is 4.32. The first-order valence-electron chi connectivity index (χ1n) is 9.83. The molecule has 0 aromatic heterocycles. The molecule has 4 rings (SSSR count). The maximum Gasteiger partial charge on any atom is 0.270 e. The van der Waals surface area contributed by atoms with Gasteiger partial charge >= 0.3 is 0 Å². The molecular weight excluding hydrogens is 426 g/mol. The number of piperidine rings is 1. The molecule has 1 saturated heterocycles. The molecule has 164 valence electrons. The minimum atomic E-state index is -4.10. The van der Waals surface area contributed by atoms with E-state index in [0.29, 0.717) is 49.7 Å². The highest BCUT2D eigenvalue weighted by Gasteiger charge is 2.38. The third-order valence-electron chi connectivity index (χ3n) is 5.20. The van der Waals surface area contributed by atoms with Gasteiger partial charge in [0, 0.05) is 30.4 Å². The van der Waals surface area contributed by atoms with Crippen molar-refractivity contribution >= 4 is 27.3 Å². The lowest BCUT2D eigenvalue weighted by atomic mass is 10.0. The summed E-state index contributed by atoms with van der Waals surface area (Å²) in [5, 5.41) is 13.8. The predicted octanol–water partition coefficient (Wildman–Crippen LogP) is 2.55. The Balaban J connectivity index is 1.57. The minimum Gasteiger partial charge on any atom is -0.486 e. The average molecular weight is 447 g/mol. The Kier molecular flexibility index (Phi) is 5.79. The van der Waals surface area contributed by atoms with Gasteiger partial charge in [-0.3, -0.25) is 14.9 Å². The number of carbonyl (C=O) groups excluding carboxylic acids is 1. The van der Waals surface area contributed by atoms with E-state index in [4.69, 9.17) is 9.47 Å². The van der Waals surface area contributed by atoms with Crippen LogP contribution in [0.5, 0.6) is 11.5 Å². The molecular formula is C20H21N3O7S. The SMILES string of the molecule is O=C(Nc1ccc2c(c1)OCCO2)[C@@H]1CCCCN1S(=O)(=O)c1cccc([N+](=O)[O-])c1. The van der Waals surface area contributed by atoms with Crippen molar-refractivity contribution in [2.24, 2.45) is 0 Å². The fourth-order valence-electron chi connectivity index (χ4n) is 3.69. The normalized spacial score (nSPS) is 18.9. The van der Waals surface area contributed by atoms with Crippen molar-refractivity contribution in [1.82, 2.24) is 4.31 Å². The number of amides is 1. The smallest absolute Gasteiger partial charge is 0.270 e. The topological polar surface area (TPSA) is 128 Å². The Morgan fingerprint density at radius 1 is 1.10 bits per heavy atom. The summed E-state index contributed by atoms with van der Waals surface area (Å²) in [7, 11) is -4.10. The zero-order valence-corrected chi connectivity index (χ0v) is 17.3. The predicted molar refractivity (Wildman–Crippen MR) is 111 cm³/mol. The van der Waals surface area contributed by atoms with Crippen molar-refractivity contribution in [3.63, 3.8) is 0 Å². The highest BCUT2D eigenvalue weighted by molar-refractivity contribution is 7.89. The first-order valence-corrected chi connectivity index (χ1v) is 11.3. The summed E-state index contributed by atoms with van der Waals surface area (Å²) in [6.45, 7) is 1.01. The molecule has 31 heavy (non-hydrogen) atoms. The Morgan fingerprint density at radius 3 is 2.65 bits per heavy atom. The van der Waals surface area contributed by atoms with Gasteiger partial charge in [0.1, 0.15) is 19.3 Å². The number of nitro groups is 1. The number of nitrogens with zero attached hydrogens (tertiary/aromatic N) is 2. The summed E-state index contributed by atoms with van der Waals surface area (Å²) in [6.07, 6.45) is 1.65. The van der Waals surface area contributed by atoms with Crippen molar-refractivity contribution in [1.29, 1.82) is 0 Å². The number of carbonyl (C=O) groups is 1. The van der Waals surface area contributed by atoms with E-state index >= 15 is 0 Å². The van der Waals surface area contributed by atoms with Crippen LogP contribution in [-0.2, 0) is 14.8 Å². The fourth-order valence-corrected chi connectivity index (χ4v) is 5.39. The number of hydrogen-bond acceptors (Lipinski definition) is 7. The van der Waals surface area contributed by atoms with Gasteiger partial charge in [0.2, 0.25) is 15.9 Å². The van der Waals surface area contributed by atoms with Crippen LogP contribution in [0.4, 0.5) is 11.4 Å². The van der Waals surface area contributed by atoms with E-state index in [1.54, 1.807) is 18.2 Å². The van der Waals surface area contributed by atoms with Crippen LogP contribution in [0, 0.1) is 10.1 Å². The number of hydrogen-bond donors (Lipinski definition) is 1. The van der Waals surface area contributed by atoms with Crippen molar-refractivity contribution < 1.29 is 27.6 Å². The highest BCUT2D eigenvalue weighted by atomic mass is 32.2. The summed E-state index contributed by atoms with van der Waals surface area (Å²) in [5.41, 5.74) is 0.142. The van der Waals surface area contributed by atoms with Gasteiger partial charge in [0.15, 0.2) is 11.5 Å². The van der Waals surface area contributed by atoms with E-state index in [1.165, 1.54) is 18.2 Å². The molecule has 1 N–H and O–H groups in total. The highest BCUT2D eigenvalue weighted by Crippen LogP contribution is 2.33. The van der Waals surface area contributed by atoms with E-state index in [9.17, 15) is 23.3 Å². The monoisotopic (exact) mass is 447 g/mol. The van der Waals surface area contributed by atoms with Crippen LogP contribution in [0.25, 0.3) is 0 Å². The van der Waals surface area contributed by atoms with Crippen LogP contribution in [-0.4, -0.2) is 49.4 Å². The second kappa shape index (κ2) is 8.52. The molecule has 0 spiro atoms. The van der Waals surface area contributed by atoms with Gasteiger partial charge in [0.05, 0.1) is 9.82 Å². The molecule has 2 aliphatic rings. The molecule has 0 unspecified atom stereocenters. The van der Waals surface area contributed by atoms with E-state index in [1.807, 2.05) is 0 Å². The molecule has 2 aliphatic heterocycles. The van der Waals surface area contributed by atoms with Gasteiger partial charge < -0.3 is 14.8 Å². The molecule has 1 atom stereocenters. The van der Waals surface area contributed by atoms with Crippen molar-refractivity contribution in [3.05, 3.63) is 52.6 Å². The maximum atomic E-state index is 13.2. The number of fused-ring (bicyclic) bond motifs is 1. The number of rotatable bonds is 5. The Labute approximate surface area is 179 Å². The number of benzene rings is 2. The van der Waals surface area contributed by atoms with Crippen molar-refractivity contribution in [2.45, 2.75) is 30.2 Å². The summed E-state index contributed by atoms with van der Waals surface area (Å²) >= 11 is 0. The molecule has 1 fully saturated rings. The van der Waals surface area contributed by atoms with Crippen LogP contribution in [0.1, 0.15) is 19.3 Å². The molecule has 11 heteroatoms. The zero-order valence-electron chi connectivity index (χ0n) is 16.5. The number of sulfonamides is 1. The van der Waals surface area contributed by atoms with Gasteiger partial charge in [-0.25, -0.2) is 8.42 Å². The number of non-ortho nitro benzene ring substituents is 1. The lowest BCUT2D eigenvalue weighted by Crippen LogP contribution is -2.49. The Bertz CT molecular complexity index is 1120. The lowest BCUT2D eigenvalue weighted by Gasteiger charge is -2.33. The van der Waals surface area contributed by atoms with Gasteiger partial charge in [-0.15, -0.1) is 0 Å². The standard InChI is InChI=1S/C20H21N3O7S/c24-20(21-14-7-8-18-19(12-14)30-11-10-29-18)17-6-1-2-9-22(17)31(27,28)16-5-3-4-15(13-16)23(25)26/h3-5,7-8,12-13,17H,1-2,6,9-11H2,(H,21,24)/t17-/m0/s1. The lowest BCUT2D eigenvalue weighted by molar-refractivity contribution is -0.385. The summed E-state index contributed by atoms with van der Waals surface area (Å²) in [4.78, 5) is 23.2. The van der Waals surface area contributed by atoms with E-state index < -0.39 is 26.9 Å². The zero-order chi connectivity index (χ0) is 22.0. The average Bonchev–Trinajstić information content (AvgIpc) is 2.79. The number of ether oxygens (including phenoxy) is 2. The van der Waals surface area contributed by atoms with Crippen molar-refractivity contribution in [3.8, 4) is 11.5 Å². The Hall–Kier alpha value is -3.18. The maximum absolute atomic E-state index is 13.2. The van der Waals surface area contributed by atoms with Crippen molar-refractivity contribution in [2.75, 3.05) is 25.1 Å². The molecule has 0 bridgehead atoms. The second-order valence-corrected chi connectivity index (χ2v) is 9.12. The second-order valence-electron chi connectivity index (χ2n) is 7.23. The number of anilines is 1. The fraction of sp³-hybridized carbons (Fsp3) is 0.350. The van der Waals surface area contributed by atoms with Crippen LogP contribution in [0.2, 0.25) is 0 Å². The number of nitrogens with one attached hydrogen (secondary N) is 1. The molecule has 2 aromatic carbocycles. The molecule has 10 nitrogen and oxygen atoms in total. The van der Waals surface area contributed by atoms with Gasteiger partial charge in [-0.1, -0.05) is 12.5 Å². The number of nitro benzene ring substituents is 1. The van der Waals surface area contributed by atoms with Crippen LogP contribution in [0.3, 0.4) is 0 Å². The molecule has 0 aliphatic carbocycles. The summed E-state index contributed by atoms with van der Waals surface area (Å²) < 4.78 is 38.5. The van der Waals surface area contributed by atoms with Crippen LogP contribution < -0.4 is 14.8 Å². The largest absolute Gasteiger partial charge is 0.486 e. The van der Waals surface area contributed by atoms with Crippen LogP contribution in [0.15, 0.2) is 47.4 Å². The van der Waals surface area contributed by atoms with E-state index in [0.717, 1.165) is 10.4 Å². The Morgan fingerprint density at radius 2 is 1.87 bits per heavy atom. The van der Waals surface area contributed by atoms with Gasteiger partial charge in [-0.05, 0) is 31.0 Å². The molecule has 2 heterocycles. The third-order valence-corrected chi connectivity index (χ3v) is 7.11. The van der Waals surface area contributed by atoms with Crippen LogP contribution >= 0.6 is 0 Å². The first-order chi connectivity index (χ1) is 14.9. The summed E-state index contributed by atoms with van der Waals surface area (Å²) in [5.74, 6) is 0.621.